The number of carbonyl (C=O) groups is 1. The Morgan fingerprint density at radius 1 is 1.03 bits per heavy atom. The Balaban J connectivity index is 1.57. The number of amidine groups is 1. The van der Waals surface area contributed by atoms with E-state index in [1.807, 2.05) is 63.2 Å². The molecule has 2 heterocycles. The molecule has 0 unspecified atom stereocenters. The zero-order valence-corrected chi connectivity index (χ0v) is 20.5. The maximum atomic E-state index is 12.4. The van der Waals surface area contributed by atoms with Gasteiger partial charge in [0.05, 0.1) is 10.6 Å². The van der Waals surface area contributed by atoms with Crippen LogP contribution in [0.25, 0.3) is 17.4 Å². The van der Waals surface area contributed by atoms with Crippen LogP contribution in [0.5, 0.6) is 0 Å². The zero-order valence-electron chi connectivity index (χ0n) is 16.5. The van der Waals surface area contributed by atoms with Gasteiger partial charge in [0, 0.05) is 20.6 Å². The van der Waals surface area contributed by atoms with E-state index < -0.39 is 0 Å². The second kappa shape index (κ2) is 8.57. The highest BCUT2D eigenvalue weighted by atomic mass is 79.9. The molecule has 1 aliphatic heterocycles. The Kier molecular flexibility index (Phi) is 6.04. The molecule has 1 fully saturated rings. The van der Waals surface area contributed by atoms with Gasteiger partial charge in [0.15, 0.2) is 5.17 Å². The first-order valence-corrected chi connectivity index (χ1v) is 11.6. The predicted molar refractivity (Wildman–Crippen MR) is 131 cm³/mol. The molecule has 1 aliphatic rings. The maximum absolute atomic E-state index is 12.4. The van der Waals surface area contributed by atoms with Crippen molar-refractivity contribution in [2.45, 2.75) is 20.8 Å². The lowest BCUT2D eigenvalue weighted by Crippen LogP contribution is -2.19. The number of amides is 1. The van der Waals surface area contributed by atoms with Gasteiger partial charge < -0.3 is 9.73 Å². The van der Waals surface area contributed by atoms with E-state index in [1.54, 1.807) is 6.08 Å². The maximum Gasteiger partial charge on any atom is 0.264 e. The van der Waals surface area contributed by atoms with Crippen LogP contribution < -0.4 is 5.32 Å². The predicted octanol–water partition coefficient (Wildman–Crippen LogP) is 7.29. The van der Waals surface area contributed by atoms with Crippen LogP contribution in [0.15, 0.2) is 65.7 Å². The Morgan fingerprint density at radius 3 is 2.47 bits per heavy atom. The average Bonchev–Trinajstić information content (AvgIpc) is 3.26. The van der Waals surface area contributed by atoms with Crippen LogP contribution in [-0.4, -0.2) is 11.1 Å². The van der Waals surface area contributed by atoms with Crippen molar-refractivity contribution >= 4 is 66.5 Å². The van der Waals surface area contributed by atoms with E-state index in [1.165, 1.54) is 17.3 Å². The number of furan rings is 1. The number of nitrogens with zero attached hydrogens (tertiary/aromatic N) is 1. The quantitative estimate of drug-likeness (QED) is 0.351. The van der Waals surface area contributed by atoms with Crippen LogP contribution in [0, 0.1) is 20.8 Å². The van der Waals surface area contributed by atoms with Crippen molar-refractivity contribution in [1.82, 2.24) is 5.32 Å². The van der Waals surface area contributed by atoms with Crippen LogP contribution in [0.1, 0.15) is 22.5 Å². The van der Waals surface area contributed by atoms with Gasteiger partial charge in [0.2, 0.25) is 0 Å². The van der Waals surface area contributed by atoms with Crippen molar-refractivity contribution in [3.63, 3.8) is 0 Å². The molecular formula is C23H18Br2N2O2S. The number of rotatable bonds is 3. The zero-order chi connectivity index (χ0) is 21.4. The Morgan fingerprint density at radius 2 is 1.77 bits per heavy atom. The third-order valence-corrected chi connectivity index (χ3v) is 7.41. The number of thioether (sulfide) groups is 1. The monoisotopic (exact) mass is 544 g/mol. The summed E-state index contributed by atoms with van der Waals surface area (Å²) in [6.45, 7) is 6.08. The smallest absolute Gasteiger partial charge is 0.264 e. The molecule has 0 bridgehead atoms. The molecule has 1 amide bonds. The van der Waals surface area contributed by atoms with Gasteiger partial charge in [-0.25, -0.2) is 4.99 Å². The highest BCUT2D eigenvalue weighted by molar-refractivity contribution is 9.11. The topological polar surface area (TPSA) is 54.6 Å². The fourth-order valence-electron chi connectivity index (χ4n) is 3.11. The Hall–Kier alpha value is -2.09. The van der Waals surface area contributed by atoms with Crippen molar-refractivity contribution in [2.75, 3.05) is 0 Å². The Labute approximate surface area is 196 Å². The number of hydrogen-bond acceptors (Lipinski definition) is 4. The number of halogens is 2. The molecule has 0 atom stereocenters. The minimum atomic E-state index is -0.182. The standard InChI is InChI=1S/C23H18Br2N2O2S/c1-12-4-6-17(18(24)8-12)19-7-5-16(29-19)11-20-22(28)27-23(30-20)26-15-9-13(2)21(25)14(3)10-15/h4-11H,1-3H3,(H,26,27,28)/b20-11+. The van der Waals surface area contributed by atoms with E-state index in [9.17, 15) is 4.79 Å². The van der Waals surface area contributed by atoms with Crippen molar-refractivity contribution in [3.8, 4) is 11.3 Å². The van der Waals surface area contributed by atoms with E-state index in [0.717, 1.165) is 37.1 Å². The molecule has 152 valence electrons. The van der Waals surface area contributed by atoms with Gasteiger partial charge in [-0.2, -0.15) is 0 Å². The molecule has 7 heteroatoms. The minimum Gasteiger partial charge on any atom is -0.457 e. The number of benzene rings is 2. The van der Waals surface area contributed by atoms with Gasteiger partial charge in [0.25, 0.3) is 5.91 Å². The summed E-state index contributed by atoms with van der Waals surface area (Å²) < 4.78 is 8.00. The molecule has 1 saturated heterocycles. The number of aliphatic imine (C=N–C) groups is 1. The van der Waals surface area contributed by atoms with Crippen LogP contribution in [0.2, 0.25) is 0 Å². The van der Waals surface area contributed by atoms with E-state index in [0.29, 0.717) is 15.8 Å². The summed E-state index contributed by atoms with van der Waals surface area (Å²) in [5.74, 6) is 1.18. The summed E-state index contributed by atoms with van der Waals surface area (Å²) in [6, 6.07) is 13.8. The molecule has 0 radical (unpaired) electrons. The molecule has 4 rings (SSSR count). The highest BCUT2D eigenvalue weighted by Crippen LogP contribution is 2.34. The summed E-state index contributed by atoms with van der Waals surface area (Å²) in [4.78, 5) is 17.5. The summed E-state index contributed by atoms with van der Waals surface area (Å²) in [5.41, 5.74) is 5.15. The molecule has 1 N–H and O–H groups in total. The largest absolute Gasteiger partial charge is 0.457 e. The summed E-state index contributed by atoms with van der Waals surface area (Å²) in [6.07, 6.45) is 1.74. The number of carbonyl (C=O) groups excluding carboxylic acids is 1. The van der Waals surface area contributed by atoms with Crippen LogP contribution in [-0.2, 0) is 4.79 Å². The number of aryl methyl sites for hydroxylation is 3. The van der Waals surface area contributed by atoms with E-state index >= 15 is 0 Å². The van der Waals surface area contributed by atoms with Gasteiger partial charge in [-0.05, 0) is 85.6 Å². The van der Waals surface area contributed by atoms with E-state index in [-0.39, 0.29) is 5.91 Å². The first kappa shape index (κ1) is 21.2. The van der Waals surface area contributed by atoms with Gasteiger partial charge in [0.1, 0.15) is 11.5 Å². The molecule has 4 nitrogen and oxygen atoms in total. The minimum absolute atomic E-state index is 0.182. The first-order chi connectivity index (χ1) is 14.3. The third-order valence-electron chi connectivity index (χ3n) is 4.59. The number of nitrogens with one attached hydrogen (secondary N) is 1. The van der Waals surface area contributed by atoms with Crippen molar-refractivity contribution in [3.05, 3.63) is 78.8 Å². The van der Waals surface area contributed by atoms with Crippen molar-refractivity contribution in [2.24, 2.45) is 4.99 Å². The molecule has 0 aliphatic carbocycles. The van der Waals surface area contributed by atoms with Gasteiger partial charge in [-0.1, -0.05) is 37.9 Å². The lowest BCUT2D eigenvalue weighted by atomic mass is 10.1. The molecule has 2 aromatic carbocycles. The highest BCUT2D eigenvalue weighted by Gasteiger charge is 2.24. The lowest BCUT2D eigenvalue weighted by Gasteiger charge is -2.04. The second-order valence-corrected chi connectivity index (χ2v) is 9.74. The van der Waals surface area contributed by atoms with Gasteiger partial charge >= 0.3 is 0 Å². The summed E-state index contributed by atoms with van der Waals surface area (Å²) >= 11 is 8.45. The number of hydrogen-bond donors (Lipinski definition) is 1. The third kappa shape index (κ3) is 4.48. The SMILES string of the molecule is Cc1ccc(-c2ccc(/C=C3/SC(=Nc4cc(C)c(Br)c(C)c4)NC3=O)o2)c(Br)c1. The molecule has 0 spiro atoms. The van der Waals surface area contributed by atoms with E-state index in [4.69, 9.17) is 4.42 Å². The molecule has 1 aromatic heterocycles. The molecule has 30 heavy (non-hydrogen) atoms. The first-order valence-electron chi connectivity index (χ1n) is 9.23. The molecular weight excluding hydrogens is 528 g/mol. The van der Waals surface area contributed by atoms with E-state index in [2.05, 4.69) is 42.2 Å². The lowest BCUT2D eigenvalue weighted by molar-refractivity contribution is -0.115. The van der Waals surface area contributed by atoms with Crippen LogP contribution >= 0.6 is 43.6 Å². The van der Waals surface area contributed by atoms with Crippen molar-refractivity contribution < 1.29 is 9.21 Å². The summed E-state index contributed by atoms with van der Waals surface area (Å²) in [7, 11) is 0. The fraction of sp³-hybridized carbons (Fsp3) is 0.130. The van der Waals surface area contributed by atoms with Gasteiger partial charge in [-0.15, -0.1) is 0 Å². The molecule has 0 saturated carbocycles. The molecule has 3 aromatic rings. The average molecular weight is 546 g/mol. The van der Waals surface area contributed by atoms with Crippen LogP contribution in [0.4, 0.5) is 5.69 Å². The fourth-order valence-corrected chi connectivity index (χ4v) is 4.85. The van der Waals surface area contributed by atoms with Gasteiger partial charge in [-0.3, -0.25) is 4.79 Å². The van der Waals surface area contributed by atoms with Crippen molar-refractivity contribution in [1.29, 1.82) is 0 Å². The van der Waals surface area contributed by atoms with Crippen LogP contribution in [0.3, 0.4) is 0 Å². The Bertz CT molecular complexity index is 1200. The second-order valence-electron chi connectivity index (χ2n) is 7.06. The summed E-state index contributed by atoms with van der Waals surface area (Å²) in [5, 5.41) is 3.38. The normalized spacial score (nSPS) is 16.5.